The van der Waals surface area contributed by atoms with Gasteiger partial charge in [-0.05, 0) is 12.8 Å². The van der Waals surface area contributed by atoms with Gasteiger partial charge in [0.05, 0.1) is 6.61 Å². The van der Waals surface area contributed by atoms with Gasteiger partial charge in [-0.3, -0.25) is 10.2 Å². The van der Waals surface area contributed by atoms with Crippen LogP contribution in [0.3, 0.4) is 0 Å². The molecule has 1 amide bonds. The topological polar surface area (TPSA) is 76.2 Å². The van der Waals surface area contributed by atoms with E-state index >= 15 is 0 Å². The van der Waals surface area contributed by atoms with E-state index in [-0.39, 0.29) is 5.90 Å². The fourth-order valence-electron chi connectivity index (χ4n) is 1.33. The maximum absolute atomic E-state index is 10.9. The third-order valence-corrected chi connectivity index (χ3v) is 2.32. The van der Waals surface area contributed by atoms with Gasteiger partial charge in [0.15, 0.2) is 5.90 Å². The lowest BCUT2D eigenvalue weighted by molar-refractivity contribution is -0.120. The highest BCUT2D eigenvalue weighted by Gasteiger charge is 2.19. The highest BCUT2D eigenvalue weighted by atomic mass is 16.5. The number of ether oxygens (including phenoxy) is 1. The molecule has 0 spiro atoms. The summed E-state index contributed by atoms with van der Waals surface area (Å²) >= 11 is 0. The van der Waals surface area contributed by atoms with E-state index in [0.717, 1.165) is 12.8 Å². The number of hydrogen-bond acceptors (Lipinski definition) is 3. The first kappa shape index (κ1) is 13.9. The SMILES string of the molecule is CCCCCCOC(=N)C(CC)C(N)=O. The van der Waals surface area contributed by atoms with E-state index in [1.54, 1.807) is 0 Å². The van der Waals surface area contributed by atoms with E-state index < -0.39 is 11.8 Å². The normalized spacial score (nSPS) is 12.1. The molecular weight excluding hydrogens is 192 g/mol. The second kappa shape index (κ2) is 8.26. The van der Waals surface area contributed by atoms with Crippen LogP contribution in [0.5, 0.6) is 0 Å². The Morgan fingerprint density at radius 1 is 1.33 bits per heavy atom. The highest BCUT2D eigenvalue weighted by Crippen LogP contribution is 2.06. The minimum Gasteiger partial charge on any atom is -0.481 e. The highest BCUT2D eigenvalue weighted by molar-refractivity contribution is 5.98. The molecule has 0 aromatic rings. The Balaban J connectivity index is 3.67. The molecular formula is C11H22N2O2. The van der Waals surface area contributed by atoms with Crippen LogP contribution in [-0.4, -0.2) is 18.4 Å². The molecule has 15 heavy (non-hydrogen) atoms. The average molecular weight is 214 g/mol. The molecule has 1 atom stereocenters. The fourth-order valence-corrected chi connectivity index (χ4v) is 1.33. The molecule has 0 radical (unpaired) electrons. The summed E-state index contributed by atoms with van der Waals surface area (Å²) in [7, 11) is 0. The van der Waals surface area contributed by atoms with Gasteiger partial charge in [-0.15, -0.1) is 0 Å². The van der Waals surface area contributed by atoms with E-state index in [4.69, 9.17) is 15.9 Å². The standard InChI is InChI=1S/C11H22N2O2/c1-3-5-6-7-8-15-11(13)9(4-2)10(12)14/h9,13H,3-8H2,1-2H3,(H2,12,14). The van der Waals surface area contributed by atoms with Gasteiger partial charge in [0.25, 0.3) is 0 Å². The molecule has 0 aliphatic rings. The van der Waals surface area contributed by atoms with E-state index in [0.29, 0.717) is 13.0 Å². The average Bonchev–Trinajstić information content (AvgIpc) is 2.18. The lowest BCUT2D eigenvalue weighted by atomic mass is 10.1. The Kier molecular flexibility index (Phi) is 7.68. The smallest absolute Gasteiger partial charge is 0.229 e. The number of unbranched alkanes of at least 4 members (excludes halogenated alkanes) is 3. The van der Waals surface area contributed by atoms with Crippen LogP contribution in [0.2, 0.25) is 0 Å². The van der Waals surface area contributed by atoms with E-state index in [1.165, 1.54) is 12.8 Å². The molecule has 0 heterocycles. The van der Waals surface area contributed by atoms with Gasteiger partial charge in [-0.1, -0.05) is 33.1 Å². The van der Waals surface area contributed by atoms with Crippen LogP contribution in [0.1, 0.15) is 46.0 Å². The van der Waals surface area contributed by atoms with Crippen molar-refractivity contribution in [2.75, 3.05) is 6.61 Å². The fraction of sp³-hybridized carbons (Fsp3) is 0.818. The summed E-state index contributed by atoms with van der Waals surface area (Å²) in [6, 6.07) is 0. The summed E-state index contributed by atoms with van der Waals surface area (Å²) in [5, 5.41) is 7.53. The maximum Gasteiger partial charge on any atom is 0.229 e. The lowest BCUT2D eigenvalue weighted by Gasteiger charge is -2.13. The molecule has 4 heteroatoms. The molecule has 0 saturated heterocycles. The first-order chi connectivity index (χ1) is 7.13. The number of hydrogen-bond donors (Lipinski definition) is 2. The Morgan fingerprint density at radius 2 is 2.00 bits per heavy atom. The summed E-state index contributed by atoms with van der Waals surface area (Å²) in [5.41, 5.74) is 5.14. The molecule has 0 saturated carbocycles. The zero-order chi connectivity index (χ0) is 11.7. The minimum atomic E-state index is -0.559. The number of nitrogens with two attached hydrogens (primary N) is 1. The summed E-state index contributed by atoms with van der Waals surface area (Å²) in [6.07, 6.45) is 4.94. The minimum absolute atomic E-state index is 0.0153. The first-order valence-corrected chi connectivity index (χ1v) is 5.64. The van der Waals surface area contributed by atoms with Gasteiger partial charge >= 0.3 is 0 Å². The zero-order valence-corrected chi connectivity index (χ0v) is 9.71. The third-order valence-electron chi connectivity index (χ3n) is 2.32. The van der Waals surface area contributed by atoms with Crippen LogP contribution < -0.4 is 5.73 Å². The summed E-state index contributed by atoms with van der Waals surface area (Å²) in [4.78, 5) is 10.9. The largest absolute Gasteiger partial charge is 0.481 e. The summed E-state index contributed by atoms with van der Waals surface area (Å²) < 4.78 is 5.19. The third kappa shape index (κ3) is 6.10. The van der Waals surface area contributed by atoms with Gasteiger partial charge in [-0.25, -0.2) is 0 Å². The quantitative estimate of drug-likeness (QED) is 0.368. The number of rotatable bonds is 8. The number of carbonyl (C=O) groups is 1. The molecule has 0 rings (SSSR count). The van der Waals surface area contributed by atoms with Gasteiger partial charge < -0.3 is 10.5 Å². The van der Waals surface area contributed by atoms with Gasteiger partial charge in [-0.2, -0.15) is 0 Å². The Hall–Kier alpha value is -1.06. The monoisotopic (exact) mass is 214 g/mol. The molecule has 0 fully saturated rings. The van der Waals surface area contributed by atoms with Crippen molar-refractivity contribution in [1.82, 2.24) is 0 Å². The van der Waals surface area contributed by atoms with Crippen molar-refractivity contribution in [3.8, 4) is 0 Å². The van der Waals surface area contributed by atoms with Crippen LogP contribution in [0.15, 0.2) is 0 Å². The molecule has 0 aliphatic heterocycles. The van der Waals surface area contributed by atoms with Crippen molar-refractivity contribution in [2.24, 2.45) is 11.7 Å². The van der Waals surface area contributed by atoms with Crippen LogP contribution >= 0.6 is 0 Å². The summed E-state index contributed by atoms with van der Waals surface area (Å²) in [5.74, 6) is -1.02. The van der Waals surface area contributed by atoms with E-state index in [2.05, 4.69) is 6.92 Å². The van der Waals surface area contributed by atoms with E-state index in [9.17, 15) is 4.79 Å². The molecule has 0 bridgehead atoms. The summed E-state index contributed by atoms with van der Waals surface area (Å²) in [6.45, 7) is 4.48. The molecule has 0 aliphatic carbocycles. The van der Waals surface area contributed by atoms with Crippen LogP contribution in [0, 0.1) is 11.3 Å². The molecule has 1 unspecified atom stereocenters. The Morgan fingerprint density at radius 3 is 2.47 bits per heavy atom. The maximum atomic E-state index is 10.9. The van der Waals surface area contributed by atoms with Gasteiger partial charge in [0.2, 0.25) is 5.91 Å². The predicted molar refractivity (Wildman–Crippen MR) is 60.8 cm³/mol. The molecule has 88 valence electrons. The first-order valence-electron chi connectivity index (χ1n) is 5.64. The molecule has 4 nitrogen and oxygen atoms in total. The van der Waals surface area contributed by atoms with Crippen molar-refractivity contribution >= 4 is 11.8 Å². The van der Waals surface area contributed by atoms with Crippen LogP contribution in [0.25, 0.3) is 0 Å². The predicted octanol–water partition coefficient (Wildman–Crippen LogP) is 2.07. The number of primary amides is 1. The second-order valence-electron chi connectivity index (χ2n) is 3.64. The van der Waals surface area contributed by atoms with Gasteiger partial charge in [0, 0.05) is 0 Å². The molecule has 0 aromatic carbocycles. The van der Waals surface area contributed by atoms with Crippen molar-refractivity contribution < 1.29 is 9.53 Å². The number of amides is 1. The zero-order valence-electron chi connectivity index (χ0n) is 9.71. The van der Waals surface area contributed by atoms with Crippen LogP contribution in [0.4, 0.5) is 0 Å². The van der Waals surface area contributed by atoms with Crippen molar-refractivity contribution in [3.63, 3.8) is 0 Å². The van der Waals surface area contributed by atoms with Crippen LogP contribution in [-0.2, 0) is 9.53 Å². The lowest BCUT2D eigenvalue weighted by Crippen LogP contribution is -2.31. The number of carbonyl (C=O) groups excluding carboxylic acids is 1. The van der Waals surface area contributed by atoms with Gasteiger partial charge in [0.1, 0.15) is 5.92 Å². The molecule has 0 aromatic heterocycles. The second-order valence-corrected chi connectivity index (χ2v) is 3.64. The Bertz CT molecular complexity index is 205. The number of nitrogens with one attached hydrogen (secondary N) is 1. The Labute approximate surface area is 91.7 Å². The van der Waals surface area contributed by atoms with Crippen molar-refractivity contribution in [2.45, 2.75) is 46.0 Å². The molecule has 3 N–H and O–H groups in total. The van der Waals surface area contributed by atoms with Crippen molar-refractivity contribution in [1.29, 1.82) is 5.41 Å². The van der Waals surface area contributed by atoms with E-state index in [1.807, 2.05) is 6.92 Å². The van der Waals surface area contributed by atoms with Crippen molar-refractivity contribution in [3.05, 3.63) is 0 Å².